The van der Waals surface area contributed by atoms with E-state index in [0.717, 1.165) is 0 Å². The zero-order valence-electron chi connectivity index (χ0n) is 1.31. The van der Waals surface area contributed by atoms with Gasteiger partial charge in [0, 0.05) is 39.9 Å². The molecule has 0 fully saturated rings. The van der Waals surface area contributed by atoms with Gasteiger partial charge in [-0.15, -0.1) is 4.48 Å². The fourth-order valence-corrected chi connectivity index (χ4v) is 0. The van der Waals surface area contributed by atoms with Crippen molar-refractivity contribution in [1.82, 2.24) is 0 Å². The van der Waals surface area contributed by atoms with Gasteiger partial charge in [0.2, 0.25) is 0 Å². The predicted octanol–water partition coefficient (Wildman–Crippen LogP) is -1.35. The summed E-state index contributed by atoms with van der Waals surface area (Å²) in [6.07, 6.45) is 0. The summed E-state index contributed by atoms with van der Waals surface area (Å²) in [5.74, 6) is 3.00. The molecule has 4 heteroatoms. The minimum absolute atomic E-state index is 0. The summed E-state index contributed by atoms with van der Waals surface area (Å²) >= 11 is 0. The van der Waals surface area contributed by atoms with Gasteiger partial charge in [-0.1, -0.05) is 0 Å². The van der Waals surface area contributed by atoms with Crippen LogP contribution in [0.3, 0.4) is 0 Å². The van der Waals surface area contributed by atoms with Gasteiger partial charge in [-0.3, -0.25) is 0 Å². The standard InChI is InChI=1S/Al.FH2N.Gd.3H/c;1-2;;;;/h;2H2;;;;. The van der Waals surface area contributed by atoms with Gasteiger partial charge in [0.15, 0.2) is 17.4 Å². The minimum Gasteiger partial charge on any atom is -0.172 e. The second-order valence-corrected chi connectivity index (χ2v) is 0. The van der Waals surface area contributed by atoms with Crippen LogP contribution in [0, 0.1) is 39.9 Å². The molecular weight excluding hydrogens is 217 g/mol. The minimum atomic E-state index is 0. The maximum atomic E-state index is 9.00. The first-order valence-electron chi connectivity index (χ1n) is 0.218. The Labute approximate surface area is 66.9 Å². The molecule has 0 aromatic carbocycles. The molecule has 0 unspecified atom stereocenters. The van der Waals surface area contributed by atoms with E-state index in [2.05, 4.69) is 5.96 Å². The third-order valence-electron chi connectivity index (χ3n) is 0. The van der Waals surface area contributed by atoms with Crippen molar-refractivity contribution < 1.29 is 44.4 Å². The van der Waals surface area contributed by atoms with Crippen LogP contribution in [0.1, 0.15) is 0 Å². The quantitative estimate of drug-likeness (QED) is 0.398. The van der Waals surface area contributed by atoms with Crippen molar-refractivity contribution in [3.63, 3.8) is 0 Å². The fourth-order valence-electron chi connectivity index (χ4n) is 0. The molecule has 0 atom stereocenters. The largest absolute Gasteiger partial charge is 0.187 e. The van der Waals surface area contributed by atoms with Crippen molar-refractivity contribution in [3.8, 4) is 0 Å². The van der Waals surface area contributed by atoms with E-state index in [9.17, 15) is 0 Å². The van der Waals surface area contributed by atoms with E-state index in [0.29, 0.717) is 0 Å². The fraction of sp³-hybridized carbons (Fsp3) is 0. The third kappa shape index (κ3) is 9.26. The van der Waals surface area contributed by atoms with E-state index in [1.165, 1.54) is 0 Å². The number of rotatable bonds is 0. The molecule has 0 radical (unpaired) electrons. The predicted molar refractivity (Wildman–Crippen MR) is 15.2 cm³/mol. The number of hydrogen-bond acceptors (Lipinski definition) is 1. The van der Waals surface area contributed by atoms with E-state index < -0.39 is 0 Å². The SMILES string of the molecule is NF.[AlH3].[Gd]. The molecule has 0 spiro atoms. The molecule has 0 rings (SSSR count). The van der Waals surface area contributed by atoms with Crippen molar-refractivity contribution in [3.05, 3.63) is 0 Å². The number of halogens is 1. The molecule has 0 aliphatic heterocycles. The molecule has 28 valence electrons. The summed E-state index contributed by atoms with van der Waals surface area (Å²) in [6.45, 7) is 0. The van der Waals surface area contributed by atoms with Gasteiger partial charge in [-0.05, 0) is 0 Å². The Morgan fingerprint density at radius 1 is 1.25 bits per heavy atom. The van der Waals surface area contributed by atoms with Crippen LogP contribution in [0.5, 0.6) is 0 Å². The third-order valence-corrected chi connectivity index (χ3v) is 0. The Morgan fingerprint density at radius 3 is 1.25 bits per heavy atom. The number of nitrogens with two attached hydrogens (primary N) is 1. The summed E-state index contributed by atoms with van der Waals surface area (Å²) < 4.78 is 9.00. The van der Waals surface area contributed by atoms with Crippen LogP contribution in [0.2, 0.25) is 0 Å². The van der Waals surface area contributed by atoms with Crippen LogP contribution in [-0.4, -0.2) is 17.4 Å². The molecule has 0 bridgehead atoms. The molecule has 4 heavy (non-hydrogen) atoms. The molecule has 0 aromatic heterocycles. The topological polar surface area (TPSA) is 26.0 Å². The molecular formula is H5AlFGdN. The second kappa shape index (κ2) is 21.8. The Morgan fingerprint density at radius 2 is 1.25 bits per heavy atom. The summed E-state index contributed by atoms with van der Waals surface area (Å²) in [6, 6.07) is 0. The summed E-state index contributed by atoms with van der Waals surface area (Å²) in [5.41, 5.74) is 0. The van der Waals surface area contributed by atoms with Crippen molar-refractivity contribution in [2.45, 2.75) is 0 Å². The molecule has 0 aliphatic carbocycles. The number of hydrogen-bond donors (Lipinski definition) is 1. The van der Waals surface area contributed by atoms with E-state index in [4.69, 9.17) is 4.48 Å². The molecule has 0 aromatic rings. The van der Waals surface area contributed by atoms with Crippen LogP contribution < -0.4 is 5.96 Å². The van der Waals surface area contributed by atoms with Gasteiger partial charge in [0.05, 0.1) is 0 Å². The first kappa shape index (κ1) is 17.2. The first-order valence-corrected chi connectivity index (χ1v) is 0.218. The Kier molecular flexibility index (Phi) is 93.7. The van der Waals surface area contributed by atoms with Crippen LogP contribution >= 0.6 is 0 Å². The second-order valence-electron chi connectivity index (χ2n) is 0. The van der Waals surface area contributed by atoms with Gasteiger partial charge in [-0.25, -0.2) is 0 Å². The zero-order valence-corrected chi connectivity index (χ0v) is 3.58. The smallest absolute Gasteiger partial charge is 0.172 e. The van der Waals surface area contributed by atoms with Crippen LogP contribution in [0.15, 0.2) is 0 Å². The maximum absolute atomic E-state index is 9.00. The van der Waals surface area contributed by atoms with E-state index in [1.807, 2.05) is 0 Å². The molecule has 0 amide bonds. The maximum Gasteiger partial charge on any atom is 0.187 e. The van der Waals surface area contributed by atoms with Gasteiger partial charge < -0.3 is 0 Å². The average Bonchev–Trinajstić information content (AvgIpc) is 1.00. The van der Waals surface area contributed by atoms with E-state index >= 15 is 0 Å². The summed E-state index contributed by atoms with van der Waals surface area (Å²) in [4.78, 5) is 0. The van der Waals surface area contributed by atoms with Gasteiger partial charge in [0.1, 0.15) is 0 Å². The summed E-state index contributed by atoms with van der Waals surface area (Å²) in [7, 11) is 0. The molecule has 0 aliphatic rings. The molecule has 0 saturated heterocycles. The molecule has 1 nitrogen and oxygen atoms in total. The Hall–Kier alpha value is 1.75. The molecule has 0 heterocycles. The van der Waals surface area contributed by atoms with E-state index in [-0.39, 0.29) is 57.3 Å². The van der Waals surface area contributed by atoms with Crippen molar-refractivity contribution in [2.24, 2.45) is 5.96 Å². The summed E-state index contributed by atoms with van der Waals surface area (Å²) in [5, 5.41) is 0. The van der Waals surface area contributed by atoms with Gasteiger partial charge in [-0.2, -0.15) is 5.96 Å². The van der Waals surface area contributed by atoms with Gasteiger partial charge in [0.25, 0.3) is 0 Å². The van der Waals surface area contributed by atoms with Crippen molar-refractivity contribution in [1.29, 1.82) is 0 Å². The first-order chi connectivity index (χ1) is 1.00. The van der Waals surface area contributed by atoms with Crippen LogP contribution in [0.4, 0.5) is 4.48 Å². The van der Waals surface area contributed by atoms with Crippen molar-refractivity contribution >= 4 is 17.4 Å². The molecule has 0 saturated carbocycles. The van der Waals surface area contributed by atoms with Gasteiger partial charge >= 0.3 is 0 Å². The monoisotopic (exact) mass is 223 g/mol. The van der Waals surface area contributed by atoms with Crippen molar-refractivity contribution in [2.75, 3.05) is 0 Å². The zero-order chi connectivity index (χ0) is 2.00. The Balaban J connectivity index is -0.00000000500. The molecule has 2 N–H and O–H groups in total. The average molecular weight is 222 g/mol. The van der Waals surface area contributed by atoms with Crippen LogP contribution in [0.25, 0.3) is 0 Å². The van der Waals surface area contributed by atoms with E-state index in [1.54, 1.807) is 0 Å². The normalized spacial score (nSPS) is 1.50. The Bertz CT molecular complexity index is 8.00. The van der Waals surface area contributed by atoms with Crippen LogP contribution in [-0.2, 0) is 0 Å².